The van der Waals surface area contributed by atoms with Gasteiger partial charge >= 0.3 is 0 Å². The van der Waals surface area contributed by atoms with Crippen molar-refractivity contribution in [2.45, 2.75) is 31.7 Å². The third-order valence-corrected chi connectivity index (χ3v) is 3.23. The maximum atomic E-state index is 11.8. The maximum Gasteiger partial charge on any atom is 0.222 e. The van der Waals surface area contributed by atoms with Gasteiger partial charge in [-0.2, -0.15) is 0 Å². The van der Waals surface area contributed by atoms with Crippen molar-refractivity contribution in [1.82, 2.24) is 10.2 Å². The molecule has 0 saturated carbocycles. The molecule has 1 N–H and O–H groups in total. The standard InChI is InChI=1S/C11H20N2O2/c14-11(13-6-8-15-9-7-13)4-3-10-2-1-5-12-10/h10,12H,1-9H2/t10-/m1/s1. The minimum absolute atomic E-state index is 0.298. The van der Waals surface area contributed by atoms with Crippen molar-refractivity contribution in [3.8, 4) is 0 Å². The Bertz CT molecular complexity index is 209. The Kier molecular flexibility index (Phi) is 3.97. The van der Waals surface area contributed by atoms with E-state index < -0.39 is 0 Å². The van der Waals surface area contributed by atoms with Crippen LogP contribution < -0.4 is 5.32 Å². The maximum absolute atomic E-state index is 11.8. The summed E-state index contributed by atoms with van der Waals surface area (Å²) in [4.78, 5) is 13.7. The summed E-state index contributed by atoms with van der Waals surface area (Å²) in [7, 11) is 0. The Morgan fingerprint density at radius 2 is 2.20 bits per heavy atom. The molecule has 2 aliphatic heterocycles. The first-order valence-electron chi connectivity index (χ1n) is 5.95. The van der Waals surface area contributed by atoms with Gasteiger partial charge in [0.05, 0.1) is 13.2 Å². The Morgan fingerprint density at radius 3 is 2.87 bits per heavy atom. The molecule has 2 aliphatic rings. The predicted octanol–water partition coefficient (Wildman–Crippen LogP) is 0.377. The zero-order valence-corrected chi connectivity index (χ0v) is 9.21. The number of hydrogen-bond acceptors (Lipinski definition) is 3. The van der Waals surface area contributed by atoms with Crippen LogP contribution in [0, 0.1) is 0 Å². The normalized spacial score (nSPS) is 26.9. The summed E-state index contributed by atoms with van der Waals surface area (Å²) in [6.45, 7) is 4.07. The SMILES string of the molecule is O=C(CC[C@H]1CCCN1)N1CCOCC1. The fourth-order valence-electron chi connectivity index (χ4n) is 2.27. The lowest BCUT2D eigenvalue weighted by atomic mass is 10.1. The predicted molar refractivity (Wildman–Crippen MR) is 57.7 cm³/mol. The van der Waals surface area contributed by atoms with Crippen LogP contribution in [0.5, 0.6) is 0 Å². The molecule has 2 fully saturated rings. The van der Waals surface area contributed by atoms with Crippen LogP contribution in [0.1, 0.15) is 25.7 Å². The topological polar surface area (TPSA) is 41.6 Å². The summed E-state index contributed by atoms with van der Waals surface area (Å²) in [5.41, 5.74) is 0. The highest BCUT2D eigenvalue weighted by Crippen LogP contribution is 2.12. The minimum atomic E-state index is 0.298. The lowest BCUT2D eigenvalue weighted by molar-refractivity contribution is -0.135. The molecule has 0 aliphatic carbocycles. The van der Waals surface area contributed by atoms with Crippen LogP contribution in [-0.2, 0) is 9.53 Å². The van der Waals surface area contributed by atoms with E-state index in [-0.39, 0.29) is 0 Å². The molecule has 1 amide bonds. The number of rotatable bonds is 3. The van der Waals surface area contributed by atoms with E-state index in [2.05, 4.69) is 5.32 Å². The Labute approximate surface area is 91.0 Å². The van der Waals surface area contributed by atoms with Crippen molar-refractivity contribution in [3.05, 3.63) is 0 Å². The number of nitrogens with one attached hydrogen (secondary N) is 1. The Morgan fingerprint density at radius 1 is 1.40 bits per heavy atom. The summed E-state index contributed by atoms with van der Waals surface area (Å²) in [6, 6.07) is 0.579. The number of nitrogens with zero attached hydrogens (tertiary/aromatic N) is 1. The van der Waals surface area contributed by atoms with Gasteiger partial charge in [-0.3, -0.25) is 4.79 Å². The highest BCUT2D eigenvalue weighted by molar-refractivity contribution is 5.76. The quantitative estimate of drug-likeness (QED) is 0.735. The Hall–Kier alpha value is -0.610. The van der Waals surface area contributed by atoms with Crippen molar-refractivity contribution >= 4 is 5.91 Å². The first kappa shape index (κ1) is 10.9. The van der Waals surface area contributed by atoms with E-state index in [0.717, 1.165) is 26.1 Å². The summed E-state index contributed by atoms with van der Waals surface area (Å²) >= 11 is 0. The van der Waals surface area contributed by atoms with Gasteiger partial charge in [0.25, 0.3) is 0 Å². The molecule has 0 spiro atoms. The molecular formula is C11H20N2O2. The van der Waals surface area contributed by atoms with Crippen LogP contribution in [0.4, 0.5) is 0 Å². The molecule has 15 heavy (non-hydrogen) atoms. The van der Waals surface area contributed by atoms with Gasteiger partial charge in [-0.25, -0.2) is 0 Å². The van der Waals surface area contributed by atoms with Crippen LogP contribution in [0.15, 0.2) is 0 Å². The lowest BCUT2D eigenvalue weighted by Gasteiger charge is -2.27. The largest absolute Gasteiger partial charge is 0.378 e. The number of morpholine rings is 1. The van der Waals surface area contributed by atoms with Crippen LogP contribution >= 0.6 is 0 Å². The molecule has 4 heteroatoms. The van der Waals surface area contributed by atoms with Crippen molar-refractivity contribution in [2.75, 3.05) is 32.8 Å². The zero-order chi connectivity index (χ0) is 10.5. The van der Waals surface area contributed by atoms with Crippen LogP contribution in [-0.4, -0.2) is 49.7 Å². The molecule has 0 unspecified atom stereocenters. The summed E-state index contributed by atoms with van der Waals surface area (Å²) in [6.07, 6.45) is 4.18. The minimum Gasteiger partial charge on any atom is -0.378 e. The molecule has 86 valence electrons. The second-order valence-corrected chi connectivity index (χ2v) is 4.33. The van der Waals surface area contributed by atoms with Gasteiger partial charge in [-0.15, -0.1) is 0 Å². The smallest absolute Gasteiger partial charge is 0.222 e. The molecule has 1 atom stereocenters. The average molecular weight is 212 g/mol. The number of carbonyl (C=O) groups excluding carboxylic acids is 1. The van der Waals surface area contributed by atoms with E-state index in [1.54, 1.807) is 0 Å². The van der Waals surface area contributed by atoms with Gasteiger partial charge in [0.2, 0.25) is 5.91 Å². The number of hydrogen-bond donors (Lipinski definition) is 1. The highest BCUT2D eigenvalue weighted by Gasteiger charge is 2.19. The van der Waals surface area contributed by atoms with Crippen molar-refractivity contribution < 1.29 is 9.53 Å². The molecule has 2 saturated heterocycles. The van der Waals surface area contributed by atoms with Gasteiger partial charge in [-0.1, -0.05) is 0 Å². The van der Waals surface area contributed by atoms with Gasteiger partial charge in [0.1, 0.15) is 0 Å². The molecule has 0 aromatic heterocycles. The summed E-state index contributed by atoms with van der Waals surface area (Å²) < 4.78 is 5.22. The molecule has 4 nitrogen and oxygen atoms in total. The molecule has 2 rings (SSSR count). The summed E-state index contributed by atoms with van der Waals surface area (Å²) in [5.74, 6) is 0.298. The van der Waals surface area contributed by atoms with Crippen LogP contribution in [0.25, 0.3) is 0 Å². The summed E-state index contributed by atoms with van der Waals surface area (Å²) in [5, 5.41) is 3.42. The van der Waals surface area contributed by atoms with E-state index in [1.165, 1.54) is 12.8 Å². The number of carbonyl (C=O) groups is 1. The van der Waals surface area contributed by atoms with E-state index in [4.69, 9.17) is 4.74 Å². The van der Waals surface area contributed by atoms with E-state index in [1.807, 2.05) is 4.90 Å². The van der Waals surface area contributed by atoms with Gasteiger partial charge in [0.15, 0.2) is 0 Å². The third kappa shape index (κ3) is 3.18. The third-order valence-electron chi connectivity index (χ3n) is 3.23. The van der Waals surface area contributed by atoms with Crippen LogP contribution in [0.3, 0.4) is 0 Å². The van der Waals surface area contributed by atoms with Gasteiger partial charge in [-0.05, 0) is 25.8 Å². The van der Waals surface area contributed by atoms with Gasteiger partial charge in [0, 0.05) is 25.6 Å². The molecular weight excluding hydrogens is 192 g/mol. The van der Waals surface area contributed by atoms with E-state index in [9.17, 15) is 4.79 Å². The van der Waals surface area contributed by atoms with Crippen molar-refractivity contribution in [1.29, 1.82) is 0 Å². The molecule has 0 bridgehead atoms. The lowest BCUT2D eigenvalue weighted by Crippen LogP contribution is -2.41. The second-order valence-electron chi connectivity index (χ2n) is 4.33. The number of ether oxygens (including phenoxy) is 1. The van der Waals surface area contributed by atoms with E-state index in [0.29, 0.717) is 31.6 Å². The first-order valence-corrected chi connectivity index (χ1v) is 5.95. The fourth-order valence-corrected chi connectivity index (χ4v) is 2.27. The van der Waals surface area contributed by atoms with Crippen molar-refractivity contribution in [3.63, 3.8) is 0 Å². The Balaban J connectivity index is 1.66. The zero-order valence-electron chi connectivity index (χ0n) is 9.21. The average Bonchev–Trinajstić information content (AvgIpc) is 2.80. The molecule has 0 aromatic carbocycles. The fraction of sp³-hybridized carbons (Fsp3) is 0.909. The first-order chi connectivity index (χ1) is 7.36. The van der Waals surface area contributed by atoms with Gasteiger partial charge < -0.3 is 15.0 Å². The molecule has 0 aromatic rings. The molecule has 2 heterocycles. The monoisotopic (exact) mass is 212 g/mol. The van der Waals surface area contributed by atoms with Crippen molar-refractivity contribution in [2.24, 2.45) is 0 Å². The highest BCUT2D eigenvalue weighted by atomic mass is 16.5. The van der Waals surface area contributed by atoms with Crippen LogP contribution in [0.2, 0.25) is 0 Å². The second kappa shape index (κ2) is 5.47. The number of amides is 1. The van der Waals surface area contributed by atoms with E-state index >= 15 is 0 Å². The molecule has 0 radical (unpaired) electrons.